The van der Waals surface area contributed by atoms with Crippen molar-refractivity contribution in [2.75, 3.05) is 25.6 Å². The standard InChI is InChI=1S/C10H22O4SSi/c1-4-12-16(13-5-2,14-6-3)9-7-8-15-10-11/h10H,4-9H2,1-3H3. The van der Waals surface area contributed by atoms with E-state index in [2.05, 4.69) is 0 Å². The Labute approximate surface area is 103 Å². The van der Waals surface area contributed by atoms with Crippen LogP contribution in [0.2, 0.25) is 6.04 Å². The minimum absolute atomic E-state index is 0.604. The van der Waals surface area contributed by atoms with Gasteiger partial charge in [-0.2, -0.15) is 0 Å². The van der Waals surface area contributed by atoms with E-state index in [-0.39, 0.29) is 0 Å². The monoisotopic (exact) mass is 266 g/mol. The average Bonchev–Trinajstić information content (AvgIpc) is 2.26. The van der Waals surface area contributed by atoms with Gasteiger partial charge in [-0.15, -0.1) is 0 Å². The molecule has 0 aliphatic carbocycles. The van der Waals surface area contributed by atoms with Gasteiger partial charge in [0.1, 0.15) is 0 Å². The molecule has 0 aromatic carbocycles. The Kier molecular flexibility index (Phi) is 10.4. The van der Waals surface area contributed by atoms with Crippen LogP contribution in [0.1, 0.15) is 27.2 Å². The van der Waals surface area contributed by atoms with Crippen LogP contribution in [0.5, 0.6) is 0 Å². The van der Waals surface area contributed by atoms with Gasteiger partial charge in [0.15, 0.2) is 5.62 Å². The van der Waals surface area contributed by atoms with Gasteiger partial charge in [-0.3, -0.25) is 4.79 Å². The van der Waals surface area contributed by atoms with E-state index in [1.807, 2.05) is 20.8 Å². The molecule has 0 aromatic heterocycles. The van der Waals surface area contributed by atoms with Crippen molar-refractivity contribution in [1.82, 2.24) is 0 Å². The Morgan fingerprint density at radius 2 is 1.56 bits per heavy atom. The summed E-state index contributed by atoms with van der Waals surface area (Å²) >= 11 is 1.28. The summed E-state index contributed by atoms with van der Waals surface area (Å²) in [7, 11) is -2.47. The summed E-state index contributed by atoms with van der Waals surface area (Å²) < 4.78 is 17.1. The first-order valence-electron chi connectivity index (χ1n) is 5.71. The molecule has 0 saturated carbocycles. The van der Waals surface area contributed by atoms with E-state index in [0.717, 1.165) is 23.8 Å². The molecule has 0 amide bonds. The molecule has 0 fully saturated rings. The van der Waals surface area contributed by atoms with E-state index >= 15 is 0 Å². The van der Waals surface area contributed by atoms with Crippen LogP contribution in [-0.2, 0) is 18.1 Å². The summed E-state index contributed by atoms with van der Waals surface area (Å²) in [5.41, 5.74) is 0.866. The molecule has 0 spiro atoms. The van der Waals surface area contributed by atoms with Crippen molar-refractivity contribution in [2.45, 2.75) is 33.2 Å². The first kappa shape index (κ1) is 16.1. The highest BCUT2D eigenvalue weighted by atomic mass is 32.2. The van der Waals surface area contributed by atoms with Gasteiger partial charge in [-0.1, -0.05) is 11.8 Å². The van der Waals surface area contributed by atoms with Crippen molar-refractivity contribution in [3.63, 3.8) is 0 Å². The molecule has 0 aliphatic rings. The van der Waals surface area contributed by atoms with Gasteiger partial charge in [-0.25, -0.2) is 0 Å². The Morgan fingerprint density at radius 3 is 1.94 bits per heavy atom. The molecule has 96 valence electrons. The molecule has 6 heteroatoms. The molecule has 0 aromatic rings. The third-order valence-corrected chi connectivity index (χ3v) is 5.72. The molecular formula is C10H22O4SSi. The molecule has 16 heavy (non-hydrogen) atoms. The molecular weight excluding hydrogens is 244 g/mol. The van der Waals surface area contributed by atoms with Crippen molar-refractivity contribution in [3.05, 3.63) is 0 Å². The maximum absolute atomic E-state index is 10.2. The van der Waals surface area contributed by atoms with E-state index in [4.69, 9.17) is 13.3 Å². The van der Waals surface area contributed by atoms with Crippen molar-refractivity contribution in [2.24, 2.45) is 0 Å². The normalized spacial score (nSPS) is 11.7. The molecule has 0 N–H and O–H groups in total. The van der Waals surface area contributed by atoms with Crippen molar-refractivity contribution >= 4 is 26.2 Å². The second-order valence-corrected chi connectivity index (χ2v) is 6.72. The van der Waals surface area contributed by atoms with Gasteiger partial charge < -0.3 is 13.3 Å². The quantitative estimate of drug-likeness (QED) is 0.326. The Morgan fingerprint density at radius 1 is 1.06 bits per heavy atom. The fourth-order valence-corrected chi connectivity index (χ4v) is 4.70. The predicted octanol–water partition coefficient (Wildman–Crippen LogP) is 2.35. The smallest absolute Gasteiger partial charge is 0.374 e. The zero-order valence-corrected chi connectivity index (χ0v) is 12.2. The minimum atomic E-state index is -2.47. The van der Waals surface area contributed by atoms with Crippen LogP contribution >= 0.6 is 11.8 Å². The van der Waals surface area contributed by atoms with E-state index < -0.39 is 8.80 Å². The summed E-state index contributed by atoms with van der Waals surface area (Å²) in [5, 5.41) is 0. The van der Waals surface area contributed by atoms with Crippen LogP contribution in [0.3, 0.4) is 0 Å². The number of hydrogen-bond acceptors (Lipinski definition) is 5. The lowest BCUT2D eigenvalue weighted by Crippen LogP contribution is -2.46. The molecule has 0 saturated heterocycles. The van der Waals surface area contributed by atoms with Crippen LogP contribution in [0.4, 0.5) is 0 Å². The summed E-state index contributed by atoms with van der Waals surface area (Å²) in [5.74, 6) is 0.797. The largest absolute Gasteiger partial charge is 0.500 e. The second kappa shape index (κ2) is 10.3. The second-order valence-electron chi connectivity index (χ2n) is 3.05. The van der Waals surface area contributed by atoms with Gasteiger partial charge in [0.25, 0.3) is 0 Å². The summed E-state index contributed by atoms with van der Waals surface area (Å²) in [6, 6.07) is 0.781. The average molecular weight is 266 g/mol. The lowest BCUT2D eigenvalue weighted by Gasteiger charge is -2.28. The topological polar surface area (TPSA) is 44.8 Å². The Hall–Kier alpha value is 0.117. The lowest BCUT2D eigenvalue weighted by molar-refractivity contribution is 0.0712. The molecule has 0 unspecified atom stereocenters. The number of hydrogen-bond donors (Lipinski definition) is 0. The van der Waals surface area contributed by atoms with E-state index in [1.165, 1.54) is 11.8 Å². The van der Waals surface area contributed by atoms with Crippen LogP contribution in [0.25, 0.3) is 0 Å². The van der Waals surface area contributed by atoms with Crippen LogP contribution < -0.4 is 0 Å². The fourth-order valence-electron chi connectivity index (χ4n) is 1.42. The van der Waals surface area contributed by atoms with Crippen LogP contribution in [0.15, 0.2) is 0 Å². The summed E-state index contributed by atoms with van der Waals surface area (Å²) in [6.45, 7) is 7.65. The van der Waals surface area contributed by atoms with E-state index in [0.29, 0.717) is 19.8 Å². The Balaban J connectivity index is 4.17. The molecule has 0 atom stereocenters. The third-order valence-electron chi connectivity index (χ3n) is 1.91. The van der Waals surface area contributed by atoms with Gasteiger partial charge in [0, 0.05) is 31.6 Å². The third kappa shape index (κ3) is 6.65. The number of carbonyl (C=O) groups is 1. The van der Waals surface area contributed by atoms with Gasteiger partial charge >= 0.3 is 8.80 Å². The predicted molar refractivity (Wildman–Crippen MR) is 69.3 cm³/mol. The van der Waals surface area contributed by atoms with Crippen molar-refractivity contribution < 1.29 is 18.1 Å². The fraction of sp³-hybridized carbons (Fsp3) is 0.900. The zero-order chi connectivity index (χ0) is 12.3. The lowest BCUT2D eigenvalue weighted by atomic mass is 10.6. The summed E-state index contributed by atoms with van der Waals surface area (Å²) in [4.78, 5) is 10.2. The van der Waals surface area contributed by atoms with Gasteiger partial charge in [-0.05, 0) is 27.2 Å². The first-order valence-corrected chi connectivity index (χ1v) is 8.69. The maximum atomic E-state index is 10.2. The zero-order valence-electron chi connectivity index (χ0n) is 10.4. The van der Waals surface area contributed by atoms with E-state index in [9.17, 15) is 4.79 Å². The van der Waals surface area contributed by atoms with Crippen LogP contribution in [0, 0.1) is 0 Å². The number of thioether (sulfide) groups is 1. The first-order chi connectivity index (χ1) is 7.74. The molecule has 0 bridgehead atoms. The molecule has 0 radical (unpaired) electrons. The molecule has 4 nitrogen and oxygen atoms in total. The number of carbonyl (C=O) groups excluding carboxylic acids is 1. The maximum Gasteiger partial charge on any atom is 0.500 e. The van der Waals surface area contributed by atoms with Crippen LogP contribution in [-0.4, -0.2) is 40.0 Å². The summed E-state index contributed by atoms with van der Waals surface area (Å²) in [6.07, 6.45) is 0.885. The Bertz CT molecular complexity index is 163. The molecule has 0 rings (SSSR count). The minimum Gasteiger partial charge on any atom is -0.374 e. The van der Waals surface area contributed by atoms with Gasteiger partial charge in [0.05, 0.1) is 0 Å². The van der Waals surface area contributed by atoms with Crippen molar-refractivity contribution in [1.29, 1.82) is 0 Å². The van der Waals surface area contributed by atoms with E-state index in [1.54, 1.807) is 0 Å². The molecule has 0 heterocycles. The highest BCUT2D eigenvalue weighted by molar-refractivity contribution is 8.11. The molecule has 0 aliphatic heterocycles. The highest BCUT2D eigenvalue weighted by Gasteiger charge is 2.39. The van der Waals surface area contributed by atoms with Gasteiger partial charge in [0.2, 0.25) is 0 Å². The number of rotatable bonds is 11. The SMILES string of the molecule is CCO[Si](CCCSC=O)(OCC)OCC. The van der Waals surface area contributed by atoms with Crippen molar-refractivity contribution in [3.8, 4) is 0 Å². The highest BCUT2D eigenvalue weighted by Crippen LogP contribution is 2.19.